The minimum atomic E-state index is 0.251. The van der Waals surface area contributed by atoms with E-state index in [9.17, 15) is 0 Å². The fraction of sp³-hybridized carbons (Fsp3) is 1.00. The van der Waals surface area contributed by atoms with Crippen LogP contribution in [0.5, 0.6) is 0 Å². The largest absolute Gasteiger partial charge is 0.396 e. The molecular weight excluding hydrogens is 142 g/mol. The molecule has 3 heteroatoms. The predicted octanol–water partition coefficient (Wildman–Crippen LogP) is -0.0231. The smallest absolute Gasteiger partial charge is 0.0443 e. The molecule has 0 spiro atoms. The molecule has 11 heavy (non-hydrogen) atoms. The third-order valence-electron chi connectivity index (χ3n) is 1.63. The summed E-state index contributed by atoms with van der Waals surface area (Å²) < 4.78 is 0. The number of rotatable bonds is 7. The molecule has 1 atom stereocenters. The molecule has 0 saturated carbocycles. The molecule has 0 aromatic heterocycles. The van der Waals surface area contributed by atoms with Crippen LogP contribution in [0.2, 0.25) is 0 Å². The summed E-state index contributed by atoms with van der Waals surface area (Å²) in [5, 5.41) is 20.2. The molecule has 0 saturated heterocycles. The second-order valence-corrected chi connectivity index (χ2v) is 2.90. The highest BCUT2D eigenvalue weighted by molar-refractivity contribution is 4.55. The highest BCUT2D eigenvalue weighted by Crippen LogP contribution is 1.97. The maximum absolute atomic E-state index is 8.57. The van der Waals surface area contributed by atoms with Gasteiger partial charge in [0.05, 0.1) is 0 Å². The fourth-order valence-corrected chi connectivity index (χ4v) is 0.875. The van der Waals surface area contributed by atoms with Crippen LogP contribution < -0.4 is 5.32 Å². The van der Waals surface area contributed by atoms with Gasteiger partial charge in [0.2, 0.25) is 0 Å². The molecule has 3 nitrogen and oxygen atoms in total. The molecule has 0 rings (SSSR count). The van der Waals surface area contributed by atoms with Gasteiger partial charge in [-0.2, -0.15) is 0 Å². The number of hydrogen-bond acceptors (Lipinski definition) is 3. The van der Waals surface area contributed by atoms with Crippen LogP contribution in [-0.2, 0) is 0 Å². The van der Waals surface area contributed by atoms with Crippen molar-refractivity contribution in [2.75, 3.05) is 26.3 Å². The third-order valence-corrected chi connectivity index (χ3v) is 1.63. The normalized spacial score (nSPS) is 13.4. The van der Waals surface area contributed by atoms with Crippen LogP contribution in [0.3, 0.4) is 0 Å². The number of nitrogens with one attached hydrogen (secondary N) is 1. The van der Waals surface area contributed by atoms with Gasteiger partial charge in [-0.25, -0.2) is 0 Å². The molecule has 3 N–H and O–H groups in total. The highest BCUT2D eigenvalue weighted by atomic mass is 16.3. The summed E-state index contributed by atoms with van der Waals surface area (Å²) in [5.74, 6) is 0.527. The van der Waals surface area contributed by atoms with E-state index >= 15 is 0 Å². The Morgan fingerprint density at radius 3 is 2.55 bits per heavy atom. The molecular formula is C8H19NO2. The second kappa shape index (κ2) is 7.98. The Hall–Kier alpha value is -0.120. The average Bonchev–Trinajstić information content (AvgIpc) is 1.99. The summed E-state index contributed by atoms with van der Waals surface area (Å²) in [6, 6.07) is 0. The molecule has 0 aliphatic heterocycles. The van der Waals surface area contributed by atoms with Crippen LogP contribution in [0.4, 0.5) is 0 Å². The van der Waals surface area contributed by atoms with Crippen LogP contribution in [0.25, 0.3) is 0 Å². The number of aliphatic hydroxyl groups excluding tert-OH is 2. The Morgan fingerprint density at radius 2 is 2.00 bits per heavy atom. The zero-order valence-corrected chi connectivity index (χ0v) is 7.21. The quantitative estimate of drug-likeness (QED) is 0.460. The predicted molar refractivity (Wildman–Crippen MR) is 45.4 cm³/mol. The van der Waals surface area contributed by atoms with E-state index in [0.717, 1.165) is 25.9 Å². The van der Waals surface area contributed by atoms with Crippen LogP contribution >= 0.6 is 0 Å². The third kappa shape index (κ3) is 7.78. The highest BCUT2D eigenvalue weighted by Gasteiger charge is 1.98. The lowest BCUT2D eigenvalue weighted by Gasteiger charge is -2.09. The molecule has 0 bridgehead atoms. The first kappa shape index (κ1) is 10.9. The first-order chi connectivity index (χ1) is 5.31. The van der Waals surface area contributed by atoms with Crippen LogP contribution in [0.1, 0.15) is 19.8 Å². The van der Waals surface area contributed by atoms with Crippen molar-refractivity contribution in [3.63, 3.8) is 0 Å². The van der Waals surface area contributed by atoms with Crippen molar-refractivity contribution in [1.29, 1.82) is 0 Å². The summed E-state index contributed by atoms with van der Waals surface area (Å²) in [6.45, 7) is 4.42. The van der Waals surface area contributed by atoms with Crippen molar-refractivity contribution < 1.29 is 10.2 Å². The molecule has 68 valence electrons. The minimum absolute atomic E-state index is 0.251. The standard InChI is InChI=1S/C8H19NO2/c1-8(3-6-11)7-9-4-2-5-10/h8-11H,2-7H2,1H3. The van der Waals surface area contributed by atoms with Gasteiger partial charge in [0.15, 0.2) is 0 Å². The van der Waals surface area contributed by atoms with Crippen molar-refractivity contribution >= 4 is 0 Å². The molecule has 0 fully saturated rings. The van der Waals surface area contributed by atoms with Gasteiger partial charge in [0, 0.05) is 13.2 Å². The van der Waals surface area contributed by atoms with Crippen LogP contribution in [0, 0.1) is 5.92 Å². The Kier molecular flexibility index (Phi) is 7.89. The molecule has 1 unspecified atom stereocenters. The first-order valence-electron chi connectivity index (χ1n) is 4.23. The molecule has 0 radical (unpaired) electrons. The lowest BCUT2D eigenvalue weighted by molar-refractivity contribution is 0.257. The molecule has 0 aromatic rings. The summed E-state index contributed by atoms with van der Waals surface area (Å²) in [4.78, 5) is 0. The second-order valence-electron chi connectivity index (χ2n) is 2.90. The van der Waals surface area contributed by atoms with Crippen molar-refractivity contribution in [2.45, 2.75) is 19.8 Å². The molecule has 0 aromatic carbocycles. The van der Waals surface area contributed by atoms with Gasteiger partial charge in [-0.05, 0) is 31.8 Å². The zero-order valence-electron chi connectivity index (χ0n) is 7.21. The van der Waals surface area contributed by atoms with Crippen molar-refractivity contribution in [3.8, 4) is 0 Å². The van der Waals surface area contributed by atoms with E-state index in [4.69, 9.17) is 10.2 Å². The Morgan fingerprint density at radius 1 is 1.27 bits per heavy atom. The maximum Gasteiger partial charge on any atom is 0.0443 e. The van der Waals surface area contributed by atoms with Gasteiger partial charge < -0.3 is 15.5 Å². The van der Waals surface area contributed by atoms with Gasteiger partial charge in [-0.1, -0.05) is 6.92 Å². The summed E-state index contributed by atoms with van der Waals surface area (Å²) in [7, 11) is 0. The molecule has 0 heterocycles. The van der Waals surface area contributed by atoms with Gasteiger partial charge >= 0.3 is 0 Å². The minimum Gasteiger partial charge on any atom is -0.396 e. The first-order valence-corrected chi connectivity index (χ1v) is 4.23. The topological polar surface area (TPSA) is 52.5 Å². The monoisotopic (exact) mass is 161 g/mol. The van der Waals surface area contributed by atoms with E-state index in [1.807, 2.05) is 0 Å². The van der Waals surface area contributed by atoms with Crippen LogP contribution in [-0.4, -0.2) is 36.5 Å². The summed E-state index contributed by atoms with van der Waals surface area (Å²) in [6.07, 6.45) is 1.66. The SMILES string of the molecule is CC(CCO)CNCCCO. The summed E-state index contributed by atoms with van der Waals surface area (Å²) >= 11 is 0. The number of hydrogen-bond donors (Lipinski definition) is 3. The average molecular weight is 161 g/mol. The maximum atomic E-state index is 8.57. The zero-order chi connectivity index (χ0) is 8.53. The fourth-order valence-electron chi connectivity index (χ4n) is 0.875. The lowest BCUT2D eigenvalue weighted by Crippen LogP contribution is -2.23. The Balaban J connectivity index is 2.97. The lowest BCUT2D eigenvalue weighted by atomic mass is 10.1. The van der Waals surface area contributed by atoms with Crippen molar-refractivity contribution in [3.05, 3.63) is 0 Å². The summed E-state index contributed by atoms with van der Waals surface area (Å²) in [5.41, 5.74) is 0. The van der Waals surface area contributed by atoms with E-state index < -0.39 is 0 Å². The molecule has 0 aliphatic carbocycles. The van der Waals surface area contributed by atoms with E-state index in [-0.39, 0.29) is 13.2 Å². The molecule has 0 aliphatic rings. The van der Waals surface area contributed by atoms with Crippen molar-refractivity contribution in [1.82, 2.24) is 5.32 Å². The van der Waals surface area contributed by atoms with E-state index in [1.165, 1.54) is 0 Å². The van der Waals surface area contributed by atoms with E-state index in [2.05, 4.69) is 12.2 Å². The van der Waals surface area contributed by atoms with Gasteiger partial charge in [0.1, 0.15) is 0 Å². The van der Waals surface area contributed by atoms with Gasteiger partial charge in [-0.15, -0.1) is 0 Å². The van der Waals surface area contributed by atoms with Gasteiger partial charge in [0.25, 0.3) is 0 Å². The van der Waals surface area contributed by atoms with E-state index in [0.29, 0.717) is 5.92 Å². The Bertz CT molecular complexity index is 78.5. The van der Waals surface area contributed by atoms with Crippen molar-refractivity contribution in [2.24, 2.45) is 5.92 Å². The molecule has 0 amide bonds. The Labute approximate surface area is 68.4 Å². The van der Waals surface area contributed by atoms with E-state index in [1.54, 1.807) is 0 Å². The number of aliphatic hydroxyl groups is 2. The van der Waals surface area contributed by atoms with Gasteiger partial charge in [-0.3, -0.25) is 0 Å². The van der Waals surface area contributed by atoms with Crippen LogP contribution in [0.15, 0.2) is 0 Å².